The van der Waals surface area contributed by atoms with E-state index < -0.39 is 5.91 Å². The first-order chi connectivity index (χ1) is 11.9. The zero-order valence-electron chi connectivity index (χ0n) is 12.5. The summed E-state index contributed by atoms with van der Waals surface area (Å²) < 4.78 is 0.503. The number of halogens is 3. The van der Waals surface area contributed by atoms with Crippen LogP contribution in [0.2, 0.25) is 10.0 Å². The lowest BCUT2D eigenvalue weighted by Crippen LogP contribution is -2.27. The number of carbonyl (C=O) groups is 2. The van der Waals surface area contributed by atoms with Gasteiger partial charge in [-0.1, -0.05) is 35.3 Å². The fourth-order valence-corrected chi connectivity index (χ4v) is 3.99. The normalized spacial score (nSPS) is 16.1. The Hall–Kier alpha value is -1.47. The molecule has 3 rings (SSSR count). The Morgan fingerprint density at radius 2 is 1.84 bits per heavy atom. The van der Waals surface area contributed by atoms with Crippen molar-refractivity contribution in [3.63, 3.8) is 0 Å². The van der Waals surface area contributed by atoms with Gasteiger partial charge in [0.2, 0.25) is 0 Å². The molecular weight excluding hydrogens is 449 g/mol. The molecule has 1 saturated heterocycles. The second-order valence-electron chi connectivity index (χ2n) is 5.18. The third-order valence-corrected chi connectivity index (χ3v) is 5.77. The predicted octanol–water partition coefficient (Wildman–Crippen LogP) is 5.70. The van der Waals surface area contributed by atoms with E-state index in [1.54, 1.807) is 36.4 Å². The summed E-state index contributed by atoms with van der Waals surface area (Å²) >= 11 is 16.3. The third kappa shape index (κ3) is 3.87. The Morgan fingerprint density at radius 3 is 2.48 bits per heavy atom. The van der Waals surface area contributed by atoms with E-state index in [2.05, 4.69) is 15.9 Å². The number of imide groups is 1. The lowest BCUT2D eigenvalue weighted by Gasteiger charge is -2.14. The van der Waals surface area contributed by atoms with Crippen LogP contribution >= 0.6 is 50.9 Å². The van der Waals surface area contributed by atoms with Crippen molar-refractivity contribution in [2.75, 3.05) is 0 Å². The van der Waals surface area contributed by atoms with Crippen molar-refractivity contribution in [3.05, 3.63) is 66.9 Å². The van der Waals surface area contributed by atoms with Crippen molar-refractivity contribution in [2.24, 2.45) is 0 Å². The number of hydrogen-bond donors (Lipinski definition) is 1. The van der Waals surface area contributed by atoms with E-state index in [9.17, 15) is 14.7 Å². The first-order valence-electron chi connectivity index (χ1n) is 7.03. The van der Waals surface area contributed by atoms with Gasteiger partial charge in [-0.3, -0.25) is 14.5 Å². The lowest BCUT2D eigenvalue weighted by atomic mass is 10.2. The van der Waals surface area contributed by atoms with Gasteiger partial charge in [0, 0.05) is 15.6 Å². The molecule has 1 aliphatic rings. The average molecular weight is 459 g/mol. The number of amides is 2. The average Bonchev–Trinajstić information content (AvgIpc) is 2.81. The Labute approximate surface area is 166 Å². The summed E-state index contributed by atoms with van der Waals surface area (Å²) in [5, 5.41) is 9.95. The van der Waals surface area contributed by atoms with Crippen molar-refractivity contribution in [1.82, 2.24) is 4.90 Å². The van der Waals surface area contributed by atoms with Crippen LogP contribution in [0.25, 0.3) is 6.08 Å². The summed E-state index contributed by atoms with van der Waals surface area (Å²) in [6, 6.07) is 9.83. The van der Waals surface area contributed by atoms with Crippen LogP contribution < -0.4 is 0 Å². The number of aromatic hydroxyl groups is 1. The van der Waals surface area contributed by atoms with Crippen LogP contribution in [-0.4, -0.2) is 21.2 Å². The van der Waals surface area contributed by atoms with E-state index in [1.165, 1.54) is 6.07 Å². The van der Waals surface area contributed by atoms with E-state index in [0.29, 0.717) is 30.6 Å². The minimum Gasteiger partial charge on any atom is -0.507 e. The second-order valence-corrected chi connectivity index (χ2v) is 7.84. The Morgan fingerprint density at radius 1 is 1.16 bits per heavy atom. The number of rotatable bonds is 3. The number of nitrogens with zero attached hydrogens (tertiary/aromatic N) is 1. The number of carbonyl (C=O) groups excluding carboxylic acids is 2. The molecule has 0 aromatic heterocycles. The number of phenolic OH excluding ortho intramolecular Hbond substituents is 1. The zero-order valence-corrected chi connectivity index (χ0v) is 16.4. The maximum Gasteiger partial charge on any atom is 0.293 e. The number of hydrogen-bond acceptors (Lipinski definition) is 4. The maximum absolute atomic E-state index is 12.6. The highest BCUT2D eigenvalue weighted by atomic mass is 79.9. The van der Waals surface area contributed by atoms with Crippen LogP contribution in [0.5, 0.6) is 5.75 Å². The molecule has 1 aliphatic heterocycles. The van der Waals surface area contributed by atoms with Crippen LogP contribution in [0.1, 0.15) is 11.1 Å². The van der Waals surface area contributed by atoms with Crippen molar-refractivity contribution in [1.29, 1.82) is 0 Å². The maximum atomic E-state index is 12.6. The topological polar surface area (TPSA) is 57.6 Å². The number of benzene rings is 2. The third-order valence-electron chi connectivity index (χ3n) is 3.52. The van der Waals surface area contributed by atoms with E-state index in [4.69, 9.17) is 23.2 Å². The molecule has 1 N–H and O–H groups in total. The Bertz CT molecular complexity index is 897. The molecule has 0 atom stereocenters. The molecule has 2 aromatic carbocycles. The molecular formula is C17H10BrCl2NO3S. The molecule has 2 aromatic rings. The molecule has 128 valence electrons. The number of phenols is 1. The van der Waals surface area contributed by atoms with Gasteiger partial charge in [0.1, 0.15) is 5.75 Å². The minimum atomic E-state index is -0.407. The quantitative estimate of drug-likeness (QED) is 0.599. The molecule has 4 nitrogen and oxygen atoms in total. The van der Waals surface area contributed by atoms with Gasteiger partial charge in [-0.2, -0.15) is 0 Å². The zero-order chi connectivity index (χ0) is 18.1. The largest absolute Gasteiger partial charge is 0.507 e. The molecule has 0 radical (unpaired) electrons. The molecule has 25 heavy (non-hydrogen) atoms. The lowest BCUT2D eigenvalue weighted by molar-refractivity contribution is -0.123. The van der Waals surface area contributed by atoms with Crippen molar-refractivity contribution in [2.45, 2.75) is 6.54 Å². The van der Waals surface area contributed by atoms with Crippen LogP contribution in [-0.2, 0) is 11.3 Å². The molecule has 1 heterocycles. The smallest absolute Gasteiger partial charge is 0.293 e. The van der Waals surface area contributed by atoms with Gasteiger partial charge < -0.3 is 5.11 Å². The van der Waals surface area contributed by atoms with Crippen LogP contribution in [0.4, 0.5) is 4.79 Å². The summed E-state index contributed by atoms with van der Waals surface area (Å²) in [5.41, 5.74) is 1.22. The van der Waals surface area contributed by atoms with Gasteiger partial charge in [0.25, 0.3) is 11.1 Å². The predicted molar refractivity (Wildman–Crippen MR) is 104 cm³/mol. The summed E-state index contributed by atoms with van der Waals surface area (Å²) in [6.45, 7) is 0.0137. The number of thioether (sulfide) groups is 1. The standard InChI is InChI=1S/C17H10BrCl2NO3S/c18-11-6-9(4-5-14(11)22)7-15-16(23)21(17(24)25-15)8-10-12(19)2-1-3-13(10)20/h1-7,22H,8H2/b15-7-. The second kappa shape index (κ2) is 7.41. The first kappa shape index (κ1) is 18.3. The molecule has 0 aliphatic carbocycles. The Kier molecular flexibility index (Phi) is 5.43. The van der Waals surface area contributed by atoms with E-state index >= 15 is 0 Å². The van der Waals surface area contributed by atoms with Crippen molar-refractivity contribution >= 4 is 68.1 Å². The van der Waals surface area contributed by atoms with Crippen LogP contribution in [0.3, 0.4) is 0 Å². The van der Waals surface area contributed by atoms with Gasteiger partial charge in [-0.25, -0.2) is 0 Å². The van der Waals surface area contributed by atoms with Crippen LogP contribution in [0, 0.1) is 0 Å². The molecule has 0 saturated carbocycles. The van der Waals surface area contributed by atoms with Gasteiger partial charge in [0.05, 0.1) is 15.9 Å². The van der Waals surface area contributed by atoms with Crippen LogP contribution in [0.15, 0.2) is 45.8 Å². The fourth-order valence-electron chi connectivity index (χ4n) is 2.24. The minimum absolute atomic E-state index is 0.0137. The summed E-state index contributed by atoms with van der Waals surface area (Å²) in [4.78, 5) is 26.2. The van der Waals surface area contributed by atoms with Gasteiger partial charge in [0.15, 0.2) is 0 Å². The van der Waals surface area contributed by atoms with E-state index in [-0.39, 0.29) is 17.5 Å². The van der Waals surface area contributed by atoms with Crippen molar-refractivity contribution in [3.8, 4) is 5.75 Å². The summed E-state index contributed by atoms with van der Waals surface area (Å²) in [6.07, 6.45) is 1.60. The van der Waals surface area contributed by atoms with Gasteiger partial charge in [-0.05, 0) is 63.6 Å². The van der Waals surface area contributed by atoms with E-state index in [1.807, 2.05) is 0 Å². The Balaban J connectivity index is 1.87. The highest BCUT2D eigenvalue weighted by Gasteiger charge is 2.35. The SMILES string of the molecule is O=C1S/C(=C\c2ccc(O)c(Br)c2)C(=O)N1Cc1c(Cl)cccc1Cl. The van der Waals surface area contributed by atoms with Gasteiger partial charge in [-0.15, -0.1) is 0 Å². The molecule has 0 unspecified atom stereocenters. The molecule has 1 fully saturated rings. The monoisotopic (exact) mass is 457 g/mol. The first-order valence-corrected chi connectivity index (χ1v) is 9.40. The molecule has 0 bridgehead atoms. The highest BCUT2D eigenvalue weighted by molar-refractivity contribution is 9.10. The molecule has 2 amide bonds. The van der Waals surface area contributed by atoms with Gasteiger partial charge >= 0.3 is 0 Å². The van der Waals surface area contributed by atoms with E-state index in [0.717, 1.165) is 16.7 Å². The summed E-state index contributed by atoms with van der Waals surface area (Å²) in [7, 11) is 0. The summed E-state index contributed by atoms with van der Waals surface area (Å²) in [5.74, 6) is -0.311. The molecule has 8 heteroatoms. The highest BCUT2D eigenvalue weighted by Crippen LogP contribution is 2.36. The molecule has 0 spiro atoms. The fraction of sp³-hybridized carbons (Fsp3) is 0.0588. The van der Waals surface area contributed by atoms with Crippen molar-refractivity contribution < 1.29 is 14.7 Å².